The maximum absolute atomic E-state index is 17.0. The maximum atomic E-state index is 17.0. The second kappa shape index (κ2) is 12.3. The Kier molecular flexibility index (Phi) is 8.18. The van der Waals surface area contributed by atoms with Crippen molar-refractivity contribution in [3.05, 3.63) is 52.9 Å². The van der Waals surface area contributed by atoms with E-state index in [1.807, 2.05) is 24.3 Å². The molecule has 242 valence electrons. The lowest BCUT2D eigenvalue weighted by molar-refractivity contribution is -0.138. The predicted octanol–water partition coefficient (Wildman–Crippen LogP) is 5.31. The van der Waals surface area contributed by atoms with E-state index in [0.717, 1.165) is 5.39 Å². The van der Waals surface area contributed by atoms with Crippen LogP contribution in [0.1, 0.15) is 50.4 Å². The van der Waals surface area contributed by atoms with Crippen molar-refractivity contribution in [1.82, 2.24) is 19.9 Å². The highest BCUT2D eigenvalue weighted by Crippen LogP contribution is 2.46. The van der Waals surface area contributed by atoms with Crippen molar-refractivity contribution in [3.63, 3.8) is 0 Å². The van der Waals surface area contributed by atoms with Gasteiger partial charge in [0.05, 0.1) is 23.7 Å². The lowest BCUT2D eigenvalue weighted by Gasteiger charge is -2.42. The van der Waals surface area contributed by atoms with Gasteiger partial charge in [-0.25, -0.2) is 24.1 Å². The molecule has 11 nitrogen and oxygen atoms in total. The number of carboxylic acids is 1. The number of hydrogen-bond acceptors (Lipinski definition) is 9. The number of ether oxygens (including phenoxy) is 2. The molecule has 7 heterocycles. The quantitative estimate of drug-likeness (QED) is 0.289. The van der Waals surface area contributed by atoms with Crippen LogP contribution in [0.15, 0.2) is 40.9 Å². The molecule has 0 spiro atoms. The molecule has 2 fully saturated rings. The molecule has 4 aliphatic rings. The number of aromatic nitrogens is 3. The summed E-state index contributed by atoms with van der Waals surface area (Å²) in [5.41, 5.74) is -0.0729. The maximum Gasteiger partial charge on any atom is 0.326 e. The van der Waals surface area contributed by atoms with Gasteiger partial charge in [-0.3, -0.25) is 4.79 Å². The van der Waals surface area contributed by atoms with Gasteiger partial charge < -0.3 is 28.8 Å². The number of amides is 1. The summed E-state index contributed by atoms with van der Waals surface area (Å²) in [6, 6.07) is 8.02. The number of halogens is 2. The molecule has 13 heteroatoms. The van der Waals surface area contributed by atoms with Gasteiger partial charge in [-0.15, -0.1) is 0 Å². The van der Waals surface area contributed by atoms with E-state index in [-0.39, 0.29) is 54.8 Å². The van der Waals surface area contributed by atoms with Crippen LogP contribution in [-0.4, -0.2) is 81.8 Å². The molecule has 1 amide bonds. The van der Waals surface area contributed by atoms with E-state index >= 15 is 4.39 Å². The number of para-hydroxylation sites is 1. The minimum atomic E-state index is -1.86. The molecule has 1 aromatic carbocycles. The van der Waals surface area contributed by atoms with Gasteiger partial charge >= 0.3 is 5.97 Å². The van der Waals surface area contributed by atoms with Crippen molar-refractivity contribution < 1.29 is 33.0 Å². The molecule has 8 rings (SSSR count). The van der Waals surface area contributed by atoms with Gasteiger partial charge in [0.2, 0.25) is 11.8 Å². The number of fused-ring (bicyclic) bond motifs is 12. The normalized spacial score (nSPS) is 26.2. The van der Waals surface area contributed by atoms with Crippen molar-refractivity contribution in [3.8, 4) is 5.88 Å². The summed E-state index contributed by atoms with van der Waals surface area (Å²) in [6.45, 7) is 3.24. The number of rotatable bonds is 1. The number of carboxylic acid groups (broad SMARTS) is 1. The second-order valence-electron chi connectivity index (χ2n) is 12.4. The van der Waals surface area contributed by atoms with Gasteiger partial charge in [-0.1, -0.05) is 30.7 Å². The molecule has 4 aromatic rings. The highest BCUT2D eigenvalue weighted by atomic mass is 35.5. The number of benzene rings is 1. The molecule has 4 atom stereocenters. The van der Waals surface area contributed by atoms with Gasteiger partial charge in [0, 0.05) is 62.9 Å². The largest absolute Gasteiger partial charge is 0.480 e. The first-order valence-electron chi connectivity index (χ1n) is 15.8. The lowest BCUT2D eigenvalue weighted by atomic mass is 9.78. The number of nitrogens with zero attached hydrogens (tertiary/aromatic N) is 5. The molecule has 46 heavy (non-hydrogen) atoms. The van der Waals surface area contributed by atoms with Crippen molar-refractivity contribution in [2.24, 2.45) is 5.92 Å². The predicted molar refractivity (Wildman–Crippen MR) is 168 cm³/mol. The first-order chi connectivity index (χ1) is 22.2. The molecule has 0 saturated carbocycles. The van der Waals surface area contributed by atoms with Gasteiger partial charge in [0.1, 0.15) is 34.7 Å². The topological polar surface area (TPSA) is 131 Å². The molecule has 3 aromatic heterocycles. The zero-order valence-corrected chi connectivity index (χ0v) is 26.2. The number of piperidine rings is 1. The van der Waals surface area contributed by atoms with Crippen molar-refractivity contribution in [1.29, 1.82) is 0 Å². The van der Waals surface area contributed by atoms with Crippen LogP contribution in [0.3, 0.4) is 0 Å². The summed E-state index contributed by atoms with van der Waals surface area (Å²) in [7, 11) is 0. The van der Waals surface area contributed by atoms with Crippen LogP contribution in [0.4, 0.5) is 10.2 Å². The summed E-state index contributed by atoms with van der Waals surface area (Å²) >= 11 is 6.33. The average molecular weight is 652 g/mol. The third kappa shape index (κ3) is 5.62. The first-order valence-corrected chi connectivity index (χ1v) is 16.1. The molecule has 4 aliphatic heterocycles. The lowest BCUT2D eigenvalue weighted by Crippen LogP contribution is -2.49. The number of aliphatic carboxylic acids is 1. The fourth-order valence-electron chi connectivity index (χ4n) is 6.90. The van der Waals surface area contributed by atoms with E-state index < -0.39 is 29.7 Å². The van der Waals surface area contributed by atoms with Crippen LogP contribution in [0.2, 0.25) is 5.02 Å². The second-order valence-corrected chi connectivity index (χ2v) is 12.8. The fraction of sp³-hybridized carbons (Fsp3) is 0.485. The van der Waals surface area contributed by atoms with Crippen LogP contribution in [0, 0.1) is 5.92 Å². The Hall–Kier alpha value is -4.03. The number of carbonyl (C=O) groups excluding carboxylic acids is 1. The minimum Gasteiger partial charge on any atom is -0.480 e. The third-order valence-corrected chi connectivity index (χ3v) is 9.59. The van der Waals surface area contributed by atoms with Gasteiger partial charge in [-0.2, -0.15) is 0 Å². The molecule has 2 saturated heterocycles. The van der Waals surface area contributed by atoms with Crippen molar-refractivity contribution in [2.45, 2.75) is 63.3 Å². The molecule has 6 bridgehead atoms. The Morgan fingerprint density at radius 2 is 2.00 bits per heavy atom. The van der Waals surface area contributed by atoms with Gasteiger partial charge in [0.25, 0.3) is 0 Å². The number of anilines is 1. The van der Waals surface area contributed by atoms with E-state index in [2.05, 4.69) is 4.98 Å². The molecule has 0 aliphatic carbocycles. The Bertz CT molecular complexity index is 1800. The number of pyridine rings is 1. The van der Waals surface area contributed by atoms with Crippen LogP contribution in [0.25, 0.3) is 22.1 Å². The van der Waals surface area contributed by atoms with E-state index in [9.17, 15) is 14.7 Å². The summed E-state index contributed by atoms with van der Waals surface area (Å²) in [6.07, 6.45) is 3.00. The first kappa shape index (κ1) is 30.6. The standard InChI is InChI=1S/C33H35ClFN5O6/c1-19-17-39-11-10-33(19,35)23-14-20(34)16-36-31(23)45-21-15-24(32(42)43)40(18-21)30-29-28(22-6-2-3-7-25(22)46-29)37-26(38-30)9-13-44-12-5-4-8-27(39)41/h2-3,6-7,14,16,19,21,24H,4-5,8-13,15,17-18H2,1H3,(H,42,43)/t19-,21-,24-,33+/m0/s1. The van der Waals surface area contributed by atoms with Crippen molar-refractivity contribution in [2.75, 3.05) is 37.7 Å². The number of carbonyl (C=O) groups is 2. The Morgan fingerprint density at radius 1 is 1.15 bits per heavy atom. The zero-order chi connectivity index (χ0) is 32.0. The summed E-state index contributed by atoms with van der Waals surface area (Å²) < 4.78 is 35.5. The van der Waals surface area contributed by atoms with Crippen molar-refractivity contribution >= 4 is 51.4 Å². The molecule has 1 N–H and O–H groups in total. The molecule has 0 unspecified atom stereocenters. The van der Waals surface area contributed by atoms with E-state index in [0.29, 0.717) is 67.2 Å². The monoisotopic (exact) mass is 651 g/mol. The third-order valence-electron chi connectivity index (χ3n) is 9.38. The minimum absolute atomic E-state index is 0.00665. The Balaban J connectivity index is 1.30. The molecule has 0 radical (unpaired) electrons. The average Bonchev–Trinajstić information content (AvgIpc) is 3.64. The smallest absolute Gasteiger partial charge is 0.326 e. The van der Waals surface area contributed by atoms with Crippen LogP contribution < -0.4 is 9.64 Å². The van der Waals surface area contributed by atoms with Crippen LogP contribution in [-0.2, 0) is 26.4 Å². The van der Waals surface area contributed by atoms with Gasteiger partial charge in [-0.05, 0) is 31.0 Å². The highest BCUT2D eigenvalue weighted by Gasteiger charge is 2.47. The SMILES string of the molecule is C[C@H]1CN2CC[C@]1(F)c1cc(Cl)cnc1O[C@H]1C[C@@H](C(=O)O)N(C1)c1nc(nc3c1oc1ccccc13)CCOCCCCC2=O. The zero-order valence-electron chi connectivity index (χ0n) is 25.5. The number of alkyl halides is 1. The number of hydrogen-bond donors (Lipinski definition) is 1. The molecular weight excluding hydrogens is 617 g/mol. The highest BCUT2D eigenvalue weighted by molar-refractivity contribution is 6.30. The van der Waals surface area contributed by atoms with E-state index in [1.54, 1.807) is 16.7 Å². The summed E-state index contributed by atoms with van der Waals surface area (Å²) in [5, 5.41) is 11.4. The molecular formula is C33H35ClFN5O6. The van der Waals surface area contributed by atoms with E-state index in [1.165, 1.54) is 12.3 Å². The van der Waals surface area contributed by atoms with Crippen LogP contribution >= 0.6 is 11.6 Å². The van der Waals surface area contributed by atoms with Gasteiger partial charge in [0.15, 0.2) is 11.4 Å². The van der Waals surface area contributed by atoms with E-state index in [4.69, 9.17) is 35.5 Å². The Morgan fingerprint density at radius 3 is 2.83 bits per heavy atom. The summed E-state index contributed by atoms with van der Waals surface area (Å²) in [4.78, 5) is 43.0. The van der Waals surface area contributed by atoms with Crippen LogP contribution in [0.5, 0.6) is 5.88 Å². The fourth-order valence-corrected chi connectivity index (χ4v) is 7.05. The summed E-state index contributed by atoms with van der Waals surface area (Å²) in [5.74, 6) is -0.708. The number of furan rings is 1. The Labute approximate surface area is 269 Å².